The number of ether oxygens (including phenoxy) is 2. The van der Waals surface area contributed by atoms with Crippen LogP contribution < -0.4 is 14.4 Å². The lowest BCUT2D eigenvalue weighted by molar-refractivity contribution is -0.143. The van der Waals surface area contributed by atoms with Gasteiger partial charge in [0.25, 0.3) is 0 Å². The second-order valence-electron chi connectivity index (χ2n) is 9.78. The lowest BCUT2D eigenvalue weighted by Gasteiger charge is -2.29. The summed E-state index contributed by atoms with van der Waals surface area (Å²) in [7, 11) is 0. The van der Waals surface area contributed by atoms with Gasteiger partial charge < -0.3 is 24.0 Å². The van der Waals surface area contributed by atoms with Gasteiger partial charge in [-0.2, -0.15) is 0 Å². The fourth-order valence-electron chi connectivity index (χ4n) is 5.52. The van der Waals surface area contributed by atoms with Gasteiger partial charge in [0.2, 0.25) is 12.7 Å². The minimum atomic E-state index is -0.867. The van der Waals surface area contributed by atoms with Crippen molar-refractivity contribution in [2.75, 3.05) is 31.3 Å². The fraction of sp³-hybridized carbons (Fsp3) is 0.429. The van der Waals surface area contributed by atoms with Crippen molar-refractivity contribution in [2.45, 2.75) is 44.7 Å². The summed E-state index contributed by atoms with van der Waals surface area (Å²) in [6, 6.07) is 8.99. The molecule has 2 aliphatic rings. The second-order valence-corrected chi connectivity index (χ2v) is 9.78. The first kappa shape index (κ1) is 25.7. The van der Waals surface area contributed by atoms with E-state index in [1.807, 2.05) is 46.0 Å². The highest BCUT2D eigenvalue weighted by Gasteiger charge is 2.47. The van der Waals surface area contributed by atoms with Crippen LogP contribution in [0, 0.1) is 5.92 Å². The number of pyridine rings is 1. The molecule has 4 heterocycles. The summed E-state index contributed by atoms with van der Waals surface area (Å²) in [5.74, 6) is -0.633. The van der Waals surface area contributed by atoms with E-state index < -0.39 is 11.9 Å². The van der Waals surface area contributed by atoms with Gasteiger partial charge in [-0.25, -0.2) is 4.98 Å². The van der Waals surface area contributed by atoms with Gasteiger partial charge in [-0.05, 0) is 42.7 Å². The number of carboxylic acids is 1. The van der Waals surface area contributed by atoms with Crippen molar-refractivity contribution in [1.82, 2.24) is 19.4 Å². The Kier molecular flexibility index (Phi) is 7.88. The molecule has 2 aromatic heterocycles. The Labute approximate surface area is 221 Å². The molecule has 0 aliphatic carbocycles. The molecule has 3 unspecified atom stereocenters. The molecule has 1 amide bonds. The second kappa shape index (κ2) is 11.6. The fourth-order valence-corrected chi connectivity index (χ4v) is 5.52. The zero-order valence-electron chi connectivity index (χ0n) is 21.5. The molecule has 38 heavy (non-hydrogen) atoms. The number of amides is 1. The molecule has 0 radical (unpaired) electrons. The number of nitrogens with zero attached hydrogens (tertiary/aromatic N) is 5. The molecule has 200 valence electrons. The lowest BCUT2D eigenvalue weighted by Crippen LogP contribution is -2.45. The van der Waals surface area contributed by atoms with Crippen molar-refractivity contribution >= 4 is 17.6 Å². The monoisotopic (exact) mass is 519 g/mol. The number of aryl methyl sites for hydroxylation is 1. The first-order valence-corrected chi connectivity index (χ1v) is 13.1. The zero-order valence-corrected chi connectivity index (χ0v) is 21.5. The Morgan fingerprint density at radius 1 is 1.16 bits per heavy atom. The van der Waals surface area contributed by atoms with Crippen molar-refractivity contribution in [2.24, 2.45) is 5.92 Å². The number of aromatic nitrogens is 3. The number of unbranched alkanes of at least 4 members (excludes halogenated alkanes) is 1. The maximum Gasteiger partial charge on any atom is 0.308 e. The molecule has 2 aliphatic heterocycles. The van der Waals surface area contributed by atoms with E-state index in [1.54, 1.807) is 29.8 Å². The summed E-state index contributed by atoms with van der Waals surface area (Å²) in [5, 5.41) is 10.4. The highest BCUT2D eigenvalue weighted by molar-refractivity contribution is 5.94. The maximum absolute atomic E-state index is 13.7. The molecule has 10 heteroatoms. The minimum absolute atomic E-state index is 0.0606. The van der Waals surface area contributed by atoms with Crippen LogP contribution in [0.25, 0.3) is 0 Å². The van der Waals surface area contributed by atoms with Crippen LogP contribution >= 0.6 is 0 Å². The molecule has 1 aromatic carbocycles. The number of likely N-dealkylation sites (tertiary alicyclic amines) is 1. The first-order valence-electron chi connectivity index (χ1n) is 13.1. The molecule has 1 fully saturated rings. The minimum Gasteiger partial charge on any atom is -0.481 e. The predicted molar refractivity (Wildman–Crippen MR) is 140 cm³/mol. The summed E-state index contributed by atoms with van der Waals surface area (Å²) in [6.07, 6.45) is 11.1. The lowest BCUT2D eigenvalue weighted by atomic mass is 9.84. The zero-order chi connectivity index (χ0) is 26.5. The number of carboxylic acid groups (broad SMARTS) is 1. The van der Waals surface area contributed by atoms with E-state index in [0.29, 0.717) is 37.6 Å². The van der Waals surface area contributed by atoms with Gasteiger partial charge in [-0.3, -0.25) is 19.5 Å². The maximum atomic E-state index is 13.7. The van der Waals surface area contributed by atoms with Gasteiger partial charge in [-0.15, -0.1) is 0 Å². The first-order chi connectivity index (χ1) is 18.5. The van der Waals surface area contributed by atoms with Crippen molar-refractivity contribution in [3.8, 4) is 11.5 Å². The number of anilines is 1. The molecular formula is C28H33N5O5. The Bertz CT molecular complexity index is 1240. The number of hydrogen-bond acceptors (Lipinski definition) is 7. The molecule has 3 aromatic rings. The standard InChI is InChI=1S/C28H33N5O5/c1-2-3-11-33(21-5-4-9-29-15-21)26(34)17-32-16-22(20-6-7-24-25(14-20)38-19-37-24)27(28(35)36)23(32)8-12-31-13-10-30-18-31/h4-7,9-10,13-15,18,22-23,27H,2-3,8,11-12,16-17,19H2,1H3,(H,35,36). The number of aliphatic carboxylic acids is 1. The topological polar surface area (TPSA) is 110 Å². The van der Waals surface area contributed by atoms with Crippen LogP contribution in [-0.2, 0) is 16.1 Å². The van der Waals surface area contributed by atoms with E-state index in [-0.39, 0.29) is 31.2 Å². The summed E-state index contributed by atoms with van der Waals surface area (Å²) in [5.41, 5.74) is 1.63. The van der Waals surface area contributed by atoms with Gasteiger partial charge >= 0.3 is 5.97 Å². The third-order valence-corrected chi connectivity index (χ3v) is 7.43. The Balaban J connectivity index is 1.43. The van der Waals surface area contributed by atoms with Crippen molar-refractivity contribution in [1.29, 1.82) is 0 Å². The number of fused-ring (bicyclic) bond motifs is 1. The average Bonchev–Trinajstić information content (AvgIpc) is 3.68. The van der Waals surface area contributed by atoms with Gasteiger partial charge in [0.15, 0.2) is 11.5 Å². The molecule has 5 rings (SSSR count). The molecule has 0 saturated carbocycles. The molecule has 1 N–H and O–H groups in total. The third-order valence-electron chi connectivity index (χ3n) is 7.43. The number of carbonyl (C=O) groups excluding carboxylic acids is 1. The Morgan fingerprint density at radius 2 is 2.03 bits per heavy atom. The van der Waals surface area contributed by atoms with Gasteiger partial charge in [0.05, 0.1) is 30.7 Å². The van der Waals surface area contributed by atoms with Gasteiger partial charge in [0, 0.05) is 50.2 Å². The Morgan fingerprint density at radius 3 is 2.76 bits per heavy atom. The summed E-state index contributed by atoms with van der Waals surface area (Å²) >= 11 is 0. The van der Waals surface area contributed by atoms with E-state index in [0.717, 1.165) is 24.1 Å². The van der Waals surface area contributed by atoms with E-state index in [1.165, 1.54) is 0 Å². The predicted octanol–water partition coefficient (Wildman–Crippen LogP) is 3.40. The third kappa shape index (κ3) is 5.50. The Hall–Kier alpha value is -3.92. The molecule has 3 atom stereocenters. The smallest absolute Gasteiger partial charge is 0.308 e. The van der Waals surface area contributed by atoms with Crippen LogP contribution in [0.1, 0.15) is 37.7 Å². The number of benzene rings is 1. The quantitative estimate of drug-likeness (QED) is 0.411. The van der Waals surface area contributed by atoms with Crippen molar-refractivity contribution < 1.29 is 24.2 Å². The van der Waals surface area contributed by atoms with E-state index in [4.69, 9.17) is 9.47 Å². The SMILES string of the molecule is CCCCN(C(=O)CN1CC(c2ccc3c(c2)OCO3)C(C(=O)O)C1CCn1ccnc1)c1cccnc1. The van der Waals surface area contributed by atoms with Gasteiger partial charge in [0.1, 0.15) is 0 Å². The van der Waals surface area contributed by atoms with Crippen molar-refractivity contribution in [3.63, 3.8) is 0 Å². The van der Waals surface area contributed by atoms with Crippen LogP contribution in [0.3, 0.4) is 0 Å². The number of carbonyl (C=O) groups is 2. The number of rotatable bonds is 11. The highest BCUT2D eigenvalue weighted by atomic mass is 16.7. The van der Waals surface area contributed by atoms with Gasteiger partial charge in [-0.1, -0.05) is 19.4 Å². The summed E-state index contributed by atoms with van der Waals surface area (Å²) < 4.78 is 13.0. The van der Waals surface area contributed by atoms with E-state index in [2.05, 4.69) is 16.9 Å². The number of hydrogen-bond donors (Lipinski definition) is 1. The normalized spacial score (nSPS) is 20.5. The largest absolute Gasteiger partial charge is 0.481 e. The van der Waals surface area contributed by atoms with Crippen LogP contribution in [0.15, 0.2) is 61.4 Å². The van der Waals surface area contributed by atoms with Crippen LogP contribution in [0.5, 0.6) is 11.5 Å². The number of imidazole rings is 1. The highest BCUT2D eigenvalue weighted by Crippen LogP contribution is 2.42. The van der Waals surface area contributed by atoms with E-state index in [9.17, 15) is 14.7 Å². The molecule has 10 nitrogen and oxygen atoms in total. The molecule has 0 spiro atoms. The average molecular weight is 520 g/mol. The van der Waals surface area contributed by atoms with E-state index >= 15 is 0 Å². The van der Waals surface area contributed by atoms with Crippen LogP contribution in [0.2, 0.25) is 0 Å². The van der Waals surface area contributed by atoms with Crippen LogP contribution in [0.4, 0.5) is 5.69 Å². The molecule has 1 saturated heterocycles. The van der Waals surface area contributed by atoms with Crippen molar-refractivity contribution in [3.05, 3.63) is 67.0 Å². The molecular weight excluding hydrogens is 486 g/mol. The summed E-state index contributed by atoms with van der Waals surface area (Å²) in [6.45, 7) is 4.01. The van der Waals surface area contributed by atoms with Crippen LogP contribution in [-0.4, -0.2) is 68.9 Å². The molecule has 0 bridgehead atoms. The summed E-state index contributed by atoms with van der Waals surface area (Å²) in [4.78, 5) is 38.6.